The Bertz CT molecular complexity index is 629. The van der Waals surface area contributed by atoms with Crippen LogP contribution in [0.15, 0.2) is 42.5 Å². The first-order valence-corrected chi connectivity index (χ1v) is 7.05. The Balaban J connectivity index is 1.85. The first-order chi connectivity index (χ1) is 10.1. The van der Waals surface area contributed by atoms with Crippen molar-refractivity contribution in [1.29, 1.82) is 0 Å². The molecule has 0 unspecified atom stereocenters. The molecular weight excluding hydrogens is 314 g/mol. The number of hydrogen-bond acceptors (Lipinski definition) is 2. The van der Waals surface area contributed by atoms with Crippen LogP contribution < -0.4 is 10.6 Å². The summed E-state index contributed by atoms with van der Waals surface area (Å²) in [5, 5.41) is 6.61. The zero-order valence-electron chi connectivity index (χ0n) is 11.0. The van der Waals surface area contributed by atoms with Gasteiger partial charge in [0.05, 0.1) is 15.7 Å². The van der Waals surface area contributed by atoms with Crippen molar-refractivity contribution in [3.05, 3.63) is 58.3 Å². The molecule has 2 aromatic carbocycles. The number of anilines is 2. The summed E-state index contributed by atoms with van der Waals surface area (Å²) in [5.41, 5.74) is 1.02. The van der Waals surface area contributed by atoms with Crippen molar-refractivity contribution in [2.75, 3.05) is 17.2 Å². The van der Waals surface area contributed by atoms with E-state index < -0.39 is 5.82 Å². The van der Waals surface area contributed by atoms with Gasteiger partial charge in [-0.25, -0.2) is 4.39 Å². The van der Waals surface area contributed by atoms with Gasteiger partial charge in [0.25, 0.3) is 0 Å². The summed E-state index contributed by atoms with van der Waals surface area (Å²) in [6, 6.07) is 10.9. The Morgan fingerprint density at radius 3 is 2.43 bits per heavy atom. The third-order valence-corrected chi connectivity index (χ3v) is 3.35. The second kappa shape index (κ2) is 7.29. The number of amides is 1. The molecule has 0 bridgehead atoms. The van der Waals surface area contributed by atoms with Crippen LogP contribution in [0, 0.1) is 5.82 Å². The van der Waals surface area contributed by atoms with Crippen LogP contribution in [-0.2, 0) is 4.79 Å². The Hall–Kier alpha value is -1.78. The van der Waals surface area contributed by atoms with E-state index in [4.69, 9.17) is 23.2 Å². The van der Waals surface area contributed by atoms with Crippen LogP contribution >= 0.6 is 23.2 Å². The van der Waals surface area contributed by atoms with Crippen LogP contribution in [0.1, 0.15) is 6.42 Å². The van der Waals surface area contributed by atoms with Crippen molar-refractivity contribution >= 4 is 40.5 Å². The minimum atomic E-state index is -0.395. The molecule has 110 valence electrons. The SMILES string of the molecule is O=C(CCNc1c(Cl)cccc1Cl)Nc1cccc(F)c1. The van der Waals surface area contributed by atoms with Crippen LogP contribution in [0.5, 0.6) is 0 Å². The molecule has 6 heteroatoms. The molecule has 1 amide bonds. The first-order valence-electron chi connectivity index (χ1n) is 6.29. The van der Waals surface area contributed by atoms with Crippen LogP contribution in [-0.4, -0.2) is 12.5 Å². The van der Waals surface area contributed by atoms with Gasteiger partial charge in [0.1, 0.15) is 5.82 Å². The molecule has 0 aliphatic carbocycles. The van der Waals surface area contributed by atoms with Gasteiger partial charge in [-0.1, -0.05) is 35.3 Å². The zero-order valence-corrected chi connectivity index (χ0v) is 12.5. The Labute approximate surface area is 132 Å². The van der Waals surface area contributed by atoms with Crippen molar-refractivity contribution in [2.45, 2.75) is 6.42 Å². The molecule has 2 aromatic rings. The largest absolute Gasteiger partial charge is 0.382 e. The molecule has 0 heterocycles. The summed E-state index contributed by atoms with van der Waals surface area (Å²) in [6.07, 6.45) is 0.206. The maximum Gasteiger partial charge on any atom is 0.226 e. The molecule has 0 saturated heterocycles. The molecule has 0 fully saturated rings. The number of nitrogens with one attached hydrogen (secondary N) is 2. The van der Waals surface area contributed by atoms with Crippen LogP contribution in [0.3, 0.4) is 0 Å². The lowest BCUT2D eigenvalue weighted by atomic mass is 10.3. The topological polar surface area (TPSA) is 41.1 Å². The van der Waals surface area contributed by atoms with Gasteiger partial charge in [-0.3, -0.25) is 4.79 Å². The minimum absolute atomic E-state index is 0.206. The smallest absolute Gasteiger partial charge is 0.226 e. The van der Waals surface area contributed by atoms with Crippen LogP contribution in [0.2, 0.25) is 10.0 Å². The summed E-state index contributed by atoms with van der Waals surface area (Å²) in [6.45, 7) is 0.366. The molecule has 0 aliphatic heterocycles. The third-order valence-electron chi connectivity index (χ3n) is 2.72. The molecule has 0 aromatic heterocycles. The van der Waals surface area contributed by atoms with E-state index in [-0.39, 0.29) is 12.3 Å². The lowest BCUT2D eigenvalue weighted by Crippen LogP contribution is -2.16. The van der Waals surface area contributed by atoms with E-state index in [9.17, 15) is 9.18 Å². The van der Waals surface area contributed by atoms with Crippen LogP contribution in [0.25, 0.3) is 0 Å². The quantitative estimate of drug-likeness (QED) is 0.844. The van der Waals surface area contributed by atoms with Gasteiger partial charge in [-0.15, -0.1) is 0 Å². The number of halogens is 3. The highest BCUT2D eigenvalue weighted by molar-refractivity contribution is 6.39. The van der Waals surface area contributed by atoms with Gasteiger partial charge in [0.2, 0.25) is 5.91 Å². The predicted octanol–water partition coefficient (Wildman–Crippen LogP) is 4.57. The van der Waals surface area contributed by atoms with Gasteiger partial charge in [0, 0.05) is 18.7 Å². The van der Waals surface area contributed by atoms with E-state index in [0.717, 1.165) is 0 Å². The highest BCUT2D eigenvalue weighted by Crippen LogP contribution is 2.29. The van der Waals surface area contributed by atoms with E-state index in [0.29, 0.717) is 28.0 Å². The third kappa shape index (κ3) is 4.62. The van der Waals surface area contributed by atoms with E-state index in [1.165, 1.54) is 18.2 Å². The predicted molar refractivity (Wildman–Crippen MR) is 84.6 cm³/mol. The molecule has 0 spiro atoms. The van der Waals surface area contributed by atoms with Crippen molar-refractivity contribution in [1.82, 2.24) is 0 Å². The fourth-order valence-corrected chi connectivity index (χ4v) is 2.29. The van der Waals surface area contributed by atoms with E-state index in [2.05, 4.69) is 10.6 Å². The number of benzene rings is 2. The normalized spacial score (nSPS) is 10.2. The molecule has 2 N–H and O–H groups in total. The molecular formula is C15H13Cl2FN2O. The number of carbonyl (C=O) groups is 1. The highest BCUT2D eigenvalue weighted by atomic mass is 35.5. The molecule has 0 atom stereocenters. The zero-order chi connectivity index (χ0) is 15.2. The van der Waals surface area contributed by atoms with Gasteiger partial charge in [-0.2, -0.15) is 0 Å². The molecule has 3 nitrogen and oxygen atoms in total. The Morgan fingerprint density at radius 1 is 1.10 bits per heavy atom. The monoisotopic (exact) mass is 326 g/mol. The lowest BCUT2D eigenvalue weighted by molar-refractivity contribution is -0.115. The second-order valence-corrected chi connectivity index (χ2v) is 5.15. The van der Waals surface area contributed by atoms with E-state index in [1.807, 2.05) is 0 Å². The van der Waals surface area contributed by atoms with E-state index >= 15 is 0 Å². The summed E-state index contributed by atoms with van der Waals surface area (Å²) in [4.78, 5) is 11.7. The number of hydrogen-bond donors (Lipinski definition) is 2. The average Bonchev–Trinajstić information content (AvgIpc) is 2.42. The highest BCUT2D eigenvalue weighted by Gasteiger charge is 2.07. The number of carbonyl (C=O) groups excluding carboxylic acids is 1. The molecule has 0 saturated carbocycles. The van der Waals surface area contributed by atoms with Gasteiger partial charge in [-0.05, 0) is 30.3 Å². The van der Waals surface area contributed by atoms with Crippen molar-refractivity contribution in [3.8, 4) is 0 Å². The Kier molecular flexibility index (Phi) is 5.42. The summed E-state index contributed by atoms with van der Waals surface area (Å²) >= 11 is 12.0. The number of para-hydroxylation sites is 1. The summed E-state index contributed by atoms with van der Waals surface area (Å²) < 4.78 is 13.0. The minimum Gasteiger partial charge on any atom is -0.382 e. The maximum absolute atomic E-state index is 13.0. The number of rotatable bonds is 5. The fraction of sp³-hybridized carbons (Fsp3) is 0.133. The van der Waals surface area contributed by atoms with Gasteiger partial charge in [0.15, 0.2) is 0 Å². The van der Waals surface area contributed by atoms with Crippen molar-refractivity contribution in [2.24, 2.45) is 0 Å². The second-order valence-electron chi connectivity index (χ2n) is 4.33. The standard InChI is InChI=1S/C15H13Cl2FN2O/c16-12-5-2-6-13(17)15(12)19-8-7-14(21)20-11-4-1-3-10(18)9-11/h1-6,9,19H,7-8H2,(H,20,21). The van der Waals surface area contributed by atoms with Gasteiger partial charge < -0.3 is 10.6 Å². The summed E-state index contributed by atoms with van der Waals surface area (Å²) in [7, 11) is 0. The molecule has 2 rings (SSSR count). The summed E-state index contributed by atoms with van der Waals surface area (Å²) in [5.74, 6) is -0.620. The lowest BCUT2D eigenvalue weighted by Gasteiger charge is -2.10. The maximum atomic E-state index is 13.0. The van der Waals surface area contributed by atoms with Crippen molar-refractivity contribution < 1.29 is 9.18 Å². The fourth-order valence-electron chi connectivity index (χ4n) is 1.76. The molecule has 0 aliphatic rings. The average molecular weight is 327 g/mol. The molecule has 0 radical (unpaired) electrons. The first kappa shape index (κ1) is 15.6. The van der Waals surface area contributed by atoms with Crippen LogP contribution in [0.4, 0.5) is 15.8 Å². The van der Waals surface area contributed by atoms with E-state index in [1.54, 1.807) is 24.3 Å². The van der Waals surface area contributed by atoms with Crippen molar-refractivity contribution in [3.63, 3.8) is 0 Å². The molecule has 21 heavy (non-hydrogen) atoms. The van der Waals surface area contributed by atoms with Gasteiger partial charge >= 0.3 is 0 Å². The Morgan fingerprint density at radius 2 is 1.76 bits per heavy atom.